The summed E-state index contributed by atoms with van der Waals surface area (Å²) in [6.07, 6.45) is -4.60. The molecule has 0 radical (unpaired) electrons. The third-order valence-electron chi connectivity index (χ3n) is 2.03. The quantitative estimate of drug-likeness (QED) is 0.911. The molecule has 1 aromatic heterocycles. The van der Waals surface area contributed by atoms with Crippen LogP contribution in [0.25, 0.3) is 0 Å². The largest absolute Gasteiger partial charge is 0.439 e. The minimum Gasteiger partial charge on any atom is -0.439 e. The van der Waals surface area contributed by atoms with Crippen molar-refractivity contribution >= 4 is 21.9 Å². The maximum Gasteiger partial charge on any atom is 0.433 e. The molecule has 0 atom stereocenters. The zero-order valence-corrected chi connectivity index (χ0v) is 10.9. The summed E-state index contributed by atoms with van der Waals surface area (Å²) in [6, 6.07) is 7.29. The van der Waals surface area contributed by atoms with Crippen LogP contribution in [-0.4, -0.2) is 9.97 Å². The van der Waals surface area contributed by atoms with Crippen LogP contribution in [-0.2, 0) is 6.18 Å². The molecule has 0 amide bonds. The second-order valence-electron chi connectivity index (χ2n) is 3.51. The maximum absolute atomic E-state index is 12.5. The van der Waals surface area contributed by atoms with Crippen molar-refractivity contribution in [2.24, 2.45) is 0 Å². The molecule has 0 aliphatic rings. The van der Waals surface area contributed by atoms with Gasteiger partial charge in [0.25, 0.3) is 0 Å². The van der Waals surface area contributed by atoms with Crippen LogP contribution in [0.2, 0.25) is 0 Å². The van der Waals surface area contributed by atoms with Crippen LogP contribution >= 0.6 is 15.9 Å². The minimum absolute atomic E-state index is 0.266. The first-order valence-corrected chi connectivity index (χ1v) is 5.79. The van der Waals surface area contributed by atoms with E-state index in [1.807, 2.05) is 0 Å². The average Bonchev–Trinajstić information content (AvgIpc) is 2.26. The molecule has 100 valence electrons. The first-order chi connectivity index (χ1) is 8.84. The van der Waals surface area contributed by atoms with E-state index < -0.39 is 17.8 Å². The molecule has 0 saturated heterocycles. The maximum atomic E-state index is 12.5. The Balaban J connectivity index is 2.33. The molecule has 0 bridgehead atoms. The number of nitrogen functional groups attached to an aromatic ring is 1. The molecule has 0 saturated carbocycles. The summed E-state index contributed by atoms with van der Waals surface area (Å²) < 4.78 is 43.6. The summed E-state index contributed by atoms with van der Waals surface area (Å²) in [6.45, 7) is 0. The highest BCUT2D eigenvalue weighted by Gasteiger charge is 2.33. The SMILES string of the molecule is Nc1nc(Oc2cccc(Br)c2)cc(C(F)(F)F)n1. The zero-order valence-electron chi connectivity index (χ0n) is 9.28. The molecular formula is C11H7BrF3N3O. The Hall–Kier alpha value is -1.83. The summed E-state index contributed by atoms with van der Waals surface area (Å²) in [7, 11) is 0. The van der Waals surface area contributed by atoms with E-state index in [-0.39, 0.29) is 5.88 Å². The first-order valence-electron chi connectivity index (χ1n) is 5.00. The highest BCUT2D eigenvalue weighted by atomic mass is 79.9. The van der Waals surface area contributed by atoms with Crippen molar-refractivity contribution in [1.82, 2.24) is 9.97 Å². The fraction of sp³-hybridized carbons (Fsp3) is 0.0909. The third-order valence-corrected chi connectivity index (χ3v) is 2.52. The molecule has 0 aliphatic carbocycles. The van der Waals surface area contributed by atoms with Crippen LogP contribution in [0.4, 0.5) is 19.1 Å². The standard InChI is InChI=1S/C11H7BrF3N3O/c12-6-2-1-3-7(4-6)19-9-5-8(11(13,14)15)17-10(16)18-9/h1-5H,(H2,16,17,18). The van der Waals surface area contributed by atoms with Gasteiger partial charge in [0.2, 0.25) is 11.8 Å². The predicted molar refractivity (Wildman–Crippen MR) is 65.7 cm³/mol. The van der Waals surface area contributed by atoms with Gasteiger partial charge < -0.3 is 10.5 Å². The lowest BCUT2D eigenvalue weighted by Gasteiger charge is -2.09. The Morgan fingerprint density at radius 1 is 1.16 bits per heavy atom. The second-order valence-corrected chi connectivity index (χ2v) is 4.42. The van der Waals surface area contributed by atoms with E-state index in [0.29, 0.717) is 11.8 Å². The molecule has 0 fully saturated rings. The number of nitrogens with two attached hydrogens (primary N) is 1. The van der Waals surface area contributed by atoms with Gasteiger partial charge in [0, 0.05) is 10.5 Å². The van der Waals surface area contributed by atoms with Gasteiger partial charge in [-0.1, -0.05) is 22.0 Å². The van der Waals surface area contributed by atoms with Crippen LogP contribution in [0.5, 0.6) is 11.6 Å². The second kappa shape index (κ2) is 5.04. The van der Waals surface area contributed by atoms with Gasteiger partial charge in [0.1, 0.15) is 5.75 Å². The summed E-state index contributed by atoms with van der Waals surface area (Å²) in [4.78, 5) is 6.72. The fourth-order valence-corrected chi connectivity index (χ4v) is 1.67. The summed E-state index contributed by atoms with van der Waals surface area (Å²) in [5, 5.41) is 0. The predicted octanol–water partition coefficient (Wildman–Crippen LogP) is 3.63. The first kappa shape index (κ1) is 13.6. The highest BCUT2D eigenvalue weighted by molar-refractivity contribution is 9.10. The number of rotatable bonds is 2. The molecule has 2 N–H and O–H groups in total. The molecule has 4 nitrogen and oxygen atoms in total. The van der Waals surface area contributed by atoms with E-state index >= 15 is 0 Å². The van der Waals surface area contributed by atoms with E-state index in [2.05, 4.69) is 25.9 Å². The molecule has 19 heavy (non-hydrogen) atoms. The van der Waals surface area contributed by atoms with Crippen molar-refractivity contribution in [3.8, 4) is 11.6 Å². The Labute approximate surface area is 114 Å². The number of nitrogens with zero attached hydrogens (tertiary/aromatic N) is 2. The van der Waals surface area contributed by atoms with E-state index in [9.17, 15) is 13.2 Å². The molecule has 2 aromatic rings. The van der Waals surface area contributed by atoms with E-state index in [1.54, 1.807) is 24.3 Å². The number of anilines is 1. The summed E-state index contributed by atoms with van der Waals surface area (Å²) in [5.41, 5.74) is 4.08. The Kier molecular flexibility index (Phi) is 3.61. The number of hydrogen-bond donors (Lipinski definition) is 1. The third kappa shape index (κ3) is 3.57. The lowest BCUT2D eigenvalue weighted by molar-refractivity contribution is -0.141. The molecule has 8 heteroatoms. The summed E-state index contributed by atoms with van der Waals surface area (Å²) in [5.74, 6) is -0.432. The van der Waals surface area contributed by atoms with Crippen LogP contribution in [0.15, 0.2) is 34.8 Å². The van der Waals surface area contributed by atoms with Gasteiger partial charge in [-0.15, -0.1) is 0 Å². The number of alkyl halides is 3. The number of halogens is 4. The van der Waals surface area contributed by atoms with Crippen molar-refractivity contribution in [2.45, 2.75) is 6.18 Å². The minimum atomic E-state index is -4.60. The molecule has 0 spiro atoms. The van der Waals surface area contributed by atoms with Gasteiger partial charge in [-0.05, 0) is 18.2 Å². The van der Waals surface area contributed by atoms with Gasteiger partial charge in [-0.3, -0.25) is 0 Å². The van der Waals surface area contributed by atoms with Crippen molar-refractivity contribution in [1.29, 1.82) is 0 Å². The smallest absolute Gasteiger partial charge is 0.433 e. The van der Waals surface area contributed by atoms with Gasteiger partial charge in [0.05, 0.1) is 0 Å². The van der Waals surface area contributed by atoms with Crippen molar-refractivity contribution in [2.75, 3.05) is 5.73 Å². The topological polar surface area (TPSA) is 61.0 Å². The van der Waals surface area contributed by atoms with Crippen molar-refractivity contribution in [3.63, 3.8) is 0 Å². The molecule has 0 unspecified atom stereocenters. The number of ether oxygens (including phenoxy) is 1. The van der Waals surface area contributed by atoms with Gasteiger partial charge >= 0.3 is 6.18 Å². The van der Waals surface area contributed by atoms with Crippen LogP contribution in [0.3, 0.4) is 0 Å². The zero-order chi connectivity index (χ0) is 14.0. The Bertz CT molecular complexity index is 604. The number of benzene rings is 1. The monoisotopic (exact) mass is 333 g/mol. The number of hydrogen-bond acceptors (Lipinski definition) is 4. The normalized spacial score (nSPS) is 11.4. The number of aromatic nitrogens is 2. The molecule has 1 heterocycles. The fourth-order valence-electron chi connectivity index (χ4n) is 1.29. The van der Waals surface area contributed by atoms with E-state index in [1.165, 1.54) is 0 Å². The van der Waals surface area contributed by atoms with Crippen LogP contribution < -0.4 is 10.5 Å². The molecule has 0 aliphatic heterocycles. The summed E-state index contributed by atoms with van der Waals surface area (Å²) >= 11 is 3.22. The van der Waals surface area contributed by atoms with Gasteiger partial charge in [-0.25, -0.2) is 4.98 Å². The lowest BCUT2D eigenvalue weighted by atomic mass is 10.3. The Morgan fingerprint density at radius 2 is 1.89 bits per heavy atom. The van der Waals surface area contributed by atoms with E-state index in [4.69, 9.17) is 10.5 Å². The van der Waals surface area contributed by atoms with Crippen LogP contribution in [0, 0.1) is 0 Å². The average molecular weight is 334 g/mol. The van der Waals surface area contributed by atoms with Gasteiger partial charge in [-0.2, -0.15) is 18.2 Å². The molecule has 2 rings (SSSR count). The highest BCUT2D eigenvalue weighted by Crippen LogP contribution is 2.31. The Morgan fingerprint density at radius 3 is 2.53 bits per heavy atom. The lowest BCUT2D eigenvalue weighted by Crippen LogP contribution is -2.11. The van der Waals surface area contributed by atoms with Crippen molar-refractivity contribution in [3.05, 3.63) is 40.5 Å². The molecular weight excluding hydrogens is 327 g/mol. The van der Waals surface area contributed by atoms with E-state index in [0.717, 1.165) is 4.47 Å². The van der Waals surface area contributed by atoms with Crippen molar-refractivity contribution < 1.29 is 17.9 Å². The molecule has 1 aromatic carbocycles. The van der Waals surface area contributed by atoms with Gasteiger partial charge in [0.15, 0.2) is 5.69 Å². The van der Waals surface area contributed by atoms with Crippen LogP contribution in [0.1, 0.15) is 5.69 Å².